The molecule has 0 bridgehead atoms. The van der Waals surface area contributed by atoms with E-state index >= 15 is 0 Å². The summed E-state index contributed by atoms with van der Waals surface area (Å²) in [5.74, 6) is 1.54. The lowest BCUT2D eigenvalue weighted by molar-refractivity contribution is 0.0773. The monoisotopic (exact) mass is 395 g/mol. The van der Waals surface area contributed by atoms with Crippen LogP contribution in [-0.2, 0) is 0 Å². The molecule has 0 saturated heterocycles. The van der Waals surface area contributed by atoms with Gasteiger partial charge in [0.15, 0.2) is 11.5 Å². The number of hydrogen-bond acceptors (Lipinski definition) is 4. The first-order valence-corrected chi connectivity index (χ1v) is 9.03. The van der Waals surface area contributed by atoms with Crippen molar-refractivity contribution in [1.82, 2.24) is 4.90 Å². The third-order valence-corrected chi connectivity index (χ3v) is 4.44. The summed E-state index contributed by atoms with van der Waals surface area (Å²) in [5.41, 5.74) is 0.452. The van der Waals surface area contributed by atoms with Crippen LogP contribution in [0.5, 0.6) is 17.2 Å². The van der Waals surface area contributed by atoms with Gasteiger partial charge in [0.2, 0.25) is 0 Å². The van der Waals surface area contributed by atoms with Gasteiger partial charge in [-0.2, -0.15) is 0 Å². The average Bonchev–Trinajstić information content (AvgIpc) is 2.88. The van der Waals surface area contributed by atoms with E-state index in [-0.39, 0.29) is 5.91 Å². The molecule has 0 unspecified atom stereocenters. The first-order valence-electron chi connectivity index (χ1n) is 8.27. The van der Waals surface area contributed by atoms with Crippen molar-refractivity contribution in [1.29, 1.82) is 0 Å². The normalized spacial score (nSPS) is 13.0. The summed E-state index contributed by atoms with van der Waals surface area (Å²) in [4.78, 5) is 14.2. The van der Waals surface area contributed by atoms with Gasteiger partial charge < -0.3 is 19.1 Å². The molecule has 0 radical (unpaired) electrons. The van der Waals surface area contributed by atoms with Gasteiger partial charge in [0.25, 0.3) is 5.91 Å². The van der Waals surface area contributed by atoms with E-state index in [1.807, 2.05) is 0 Å². The van der Waals surface area contributed by atoms with E-state index in [9.17, 15) is 4.79 Å². The van der Waals surface area contributed by atoms with Crippen molar-refractivity contribution in [3.63, 3.8) is 0 Å². The van der Waals surface area contributed by atoms with Crippen LogP contribution in [0.15, 0.2) is 36.4 Å². The number of amides is 1. The molecule has 2 aromatic rings. The molecular formula is C19H19Cl2NO4. The Kier molecular flexibility index (Phi) is 6.12. The van der Waals surface area contributed by atoms with E-state index in [0.717, 1.165) is 6.42 Å². The topological polar surface area (TPSA) is 48.0 Å². The fraction of sp³-hybridized carbons (Fsp3) is 0.316. The van der Waals surface area contributed by atoms with Crippen LogP contribution >= 0.6 is 23.2 Å². The lowest BCUT2D eigenvalue weighted by Crippen LogP contribution is -2.30. The Hall–Kier alpha value is -2.11. The van der Waals surface area contributed by atoms with Crippen LogP contribution in [0.2, 0.25) is 10.0 Å². The van der Waals surface area contributed by atoms with Gasteiger partial charge in [-0.05, 0) is 36.4 Å². The Labute approximate surface area is 162 Å². The highest BCUT2D eigenvalue weighted by Gasteiger charge is 2.20. The van der Waals surface area contributed by atoms with Crippen molar-refractivity contribution in [2.24, 2.45) is 0 Å². The molecule has 0 fully saturated rings. The van der Waals surface area contributed by atoms with Crippen molar-refractivity contribution in [2.45, 2.75) is 6.42 Å². The van der Waals surface area contributed by atoms with Crippen LogP contribution in [0.4, 0.5) is 0 Å². The summed E-state index contributed by atoms with van der Waals surface area (Å²) >= 11 is 12.1. The fourth-order valence-electron chi connectivity index (χ4n) is 2.51. The zero-order valence-corrected chi connectivity index (χ0v) is 15.8. The Bertz CT molecular complexity index is 780. The van der Waals surface area contributed by atoms with Gasteiger partial charge in [0, 0.05) is 24.1 Å². The van der Waals surface area contributed by atoms with E-state index in [1.165, 1.54) is 0 Å². The zero-order chi connectivity index (χ0) is 18.5. The largest absolute Gasteiger partial charge is 0.492 e. The summed E-state index contributed by atoms with van der Waals surface area (Å²) in [5, 5.41) is 1.02. The second-order valence-corrected chi connectivity index (χ2v) is 6.71. The molecule has 1 aliphatic rings. The summed E-state index contributed by atoms with van der Waals surface area (Å²) in [6, 6.07) is 10.4. The Balaban J connectivity index is 1.62. The van der Waals surface area contributed by atoms with Crippen LogP contribution in [0.3, 0.4) is 0 Å². The molecule has 0 spiro atoms. The van der Waals surface area contributed by atoms with E-state index in [1.54, 1.807) is 48.3 Å². The molecule has 0 saturated carbocycles. The molecule has 26 heavy (non-hydrogen) atoms. The quantitative estimate of drug-likeness (QED) is 0.756. The zero-order valence-electron chi connectivity index (χ0n) is 14.3. The van der Waals surface area contributed by atoms with Gasteiger partial charge in [-0.15, -0.1) is 0 Å². The molecule has 1 amide bonds. The third-order valence-electron chi connectivity index (χ3n) is 3.90. The van der Waals surface area contributed by atoms with Crippen molar-refractivity contribution < 1.29 is 19.0 Å². The summed E-state index contributed by atoms with van der Waals surface area (Å²) in [7, 11) is 1.71. The molecule has 0 aliphatic carbocycles. The molecule has 0 atom stereocenters. The molecule has 1 aliphatic heterocycles. The highest BCUT2D eigenvalue weighted by Crippen LogP contribution is 2.38. The van der Waals surface area contributed by atoms with Crippen LogP contribution in [0.1, 0.15) is 16.8 Å². The predicted octanol–water partition coefficient (Wildman–Crippen LogP) is 4.31. The second-order valence-electron chi connectivity index (χ2n) is 5.86. The van der Waals surface area contributed by atoms with Crippen LogP contribution in [0, 0.1) is 0 Å². The van der Waals surface area contributed by atoms with Crippen molar-refractivity contribution in [3.8, 4) is 17.2 Å². The highest BCUT2D eigenvalue weighted by molar-refractivity contribution is 6.32. The minimum Gasteiger partial charge on any atom is -0.492 e. The molecule has 138 valence electrons. The van der Waals surface area contributed by atoms with E-state index in [0.29, 0.717) is 59.2 Å². The van der Waals surface area contributed by atoms with Gasteiger partial charge in [-0.3, -0.25) is 4.79 Å². The van der Waals surface area contributed by atoms with Gasteiger partial charge >= 0.3 is 0 Å². The molecule has 3 rings (SSSR count). The van der Waals surface area contributed by atoms with E-state index in [4.69, 9.17) is 37.4 Å². The standard InChI is InChI=1S/C19H19Cl2NO4/c1-22(7-10-24-15-5-3-14(20)4-6-15)19(23)13-11-16(21)18-17(12-13)25-8-2-9-26-18/h3-6,11-12H,2,7-10H2,1H3. The first kappa shape index (κ1) is 18.7. The van der Waals surface area contributed by atoms with Crippen LogP contribution < -0.4 is 14.2 Å². The van der Waals surface area contributed by atoms with Crippen molar-refractivity contribution >= 4 is 29.1 Å². The van der Waals surface area contributed by atoms with Gasteiger partial charge in [-0.25, -0.2) is 0 Å². The number of likely N-dealkylation sites (N-methyl/N-ethyl adjacent to an activating group) is 1. The van der Waals surface area contributed by atoms with E-state index in [2.05, 4.69) is 0 Å². The number of benzene rings is 2. The maximum absolute atomic E-state index is 12.7. The minimum atomic E-state index is -0.165. The third kappa shape index (κ3) is 4.54. The number of carbonyl (C=O) groups is 1. The molecule has 7 heteroatoms. The second kappa shape index (κ2) is 8.52. The molecule has 0 N–H and O–H groups in total. The molecule has 2 aromatic carbocycles. The maximum Gasteiger partial charge on any atom is 0.253 e. The number of fused-ring (bicyclic) bond motifs is 1. The van der Waals surface area contributed by atoms with Gasteiger partial charge in [0.1, 0.15) is 12.4 Å². The number of hydrogen-bond donors (Lipinski definition) is 0. The SMILES string of the molecule is CN(CCOc1ccc(Cl)cc1)C(=O)c1cc(Cl)c2c(c1)OCCCO2. The smallest absolute Gasteiger partial charge is 0.253 e. The fourth-order valence-corrected chi connectivity index (χ4v) is 2.90. The van der Waals surface area contributed by atoms with Crippen molar-refractivity contribution in [3.05, 3.63) is 52.0 Å². The van der Waals surface area contributed by atoms with Gasteiger partial charge in [-0.1, -0.05) is 23.2 Å². The summed E-state index contributed by atoms with van der Waals surface area (Å²) in [6.45, 7) is 1.86. The molecule has 1 heterocycles. The number of ether oxygens (including phenoxy) is 3. The number of nitrogens with zero attached hydrogens (tertiary/aromatic N) is 1. The minimum absolute atomic E-state index is 0.165. The average molecular weight is 396 g/mol. The number of carbonyl (C=O) groups excluding carboxylic acids is 1. The molecular weight excluding hydrogens is 377 g/mol. The Morgan fingerprint density at radius 1 is 1.15 bits per heavy atom. The summed E-state index contributed by atoms with van der Waals surface area (Å²) in [6.07, 6.45) is 0.774. The van der Waals surface area contributed by atoms with Gasteiger partial charge in [0.05, 0.1) is 24.8 Å². The van der Waals surface area contributed by atoms with Crippen LogP contribution in [0.25, 0.3) is 0 Å². The lowest BCUT2D eigenvalue weighted by Gasteiger charge is -2.19. The Morgan fingerprint density at radius 2 is 1.88 bits per heavy atom. The number of rotatable bonds is 5. The Morgan fingerprint density at radius 3 is 2.65 bits per heavy atom. The van der Waals surface area contributed by atoms with E-state index < -0.39 is 0 Å². The number of halogens is 2. The molecule has 5 nitrogen and oxygen atoms in total. The maximum atomic E-state index is 12.7. The highest BCUT2D eigenvalue weighted by atomic mass is 35.5. The lowest BCUT2D eigenvalue weighted by atomic mass is 10.1. The first-order chi connectivity index (χ1) is 12.5. The van der Waals surface area contributed by atoms with Crippen molar-refractivity contribution in [2.75, 3.05) is 33.4 Å². The van der Waals surface area contributed by atoms with Crippen LogP contribution in [-0.4, -0.2) is 44.2 Å². The summed E-state index contributed by atoms with van der Waals surface area (Å²) < 4.78 is 16.8. The molecule has 0 aromatic heterocycles. The predicted molar refractivity (Wildman–Crippen MR) is 101 cm³/mol.